The van der Waals surface area contributed by atoms with Gasteiger partial charge in [-0.1, -0.05) is 0 Å². The zero-order valence-corrected chi connectivity index (χ0v) is 26.9. The number of halogens is 1. The number of hydrogen-bond acceptors (Lipinski definition) is 8. The normalized spacial score (nSPS) is 11.4. The Labute approximate surface area is 271 Å². The van der Waals surface area contributed by atoms with Crippen LogP contribution in [0.5, 0.6) is 0 Å². The molecule has 0 aliphatic rings. The van der Waals surface area contributed by atoms with Crippen molar-refractivity contribution >= 4 is 41.7 Å². The van der Waals surface area contributed by atoms with E-state index in [1.807, 2.05) is 25.9 Å². The molecule has 0 spiro atoms. The van der Waals surface area contributed by atoms with E-state index in [4.69, 9.17) is 0 Å². The Hall–Kier alpha value is -5.69. The van der Waals surface area contributed by atoms with Gasteiger partial charge < -0.3 is 20.9 Å². The number of aryl methyl sites for hydroxylation is 1. The topological polar surface area (TPSA) is 143 Å². The number of hydrogen-bond donors (Lipinski definition) is 3. The van der Waals surface area contributed by atoms with Crippen LogP contribution in [0.3, 0.4) is 0 Å². The molecule has 0 saturated heterocycles. The van der Waals surface area contributed by atoms with Gasteiger partial charge in [-0.05, 0) is 102 Å². The van der Waals surface area contributed by atoms with Gasteiger partial charge in [-0.3, -0.25) is 28.9 Å². The third-order valence-electron chi connectivity index (χ3n) is 7.14. The van der Waals surface area contributed by atoms with Crippen LogP contribution in [0.15, 0.2) is 87.3 Å². The highest BCUT2D eigenvalue weighted by Crippen LogP contribution is 2.26. The van der Waals surface area contributed by atoms with Crippen LogP contribution in [0.4, 0.5) is 21.5 Å². The number of aliphatic imine (C=N–C) groups is 1. The Kier molecular flexibility index (Phi) is 11.0. The van der Waals surface area contributed by atoms with Crippen molar-refractivity contribution in [2.75, 3.05) is 37.8 Å². The number of anilines is 3. The van der Waals surface area contributed by atoms with Crippen LogP contribution in [0.2, 0.25) is 0 Å². The summed E-state index contributed by atoms with van der Waals surface area (Å²) in [5, 5.41) is 8.84. The monoisotopic (exact) mass is 640 g/mol. The second-order valence-electron chi connectivity index (χ2n) is 11.2. The fourth-order valence-electron chi connectivity index (χ4n) is 4.58. The van der Waals surface area contributed by atoms with Crippen LogP contribution in [-0.4, -0.2) is 64.7 Å². The smallest absolute Gasteiger partial charge is 0.335 e. The lowest BCUT2D eigenvalue weighted by molar-refractivity contribution is -0.117. The molecule has 0 radical (unpaired) electrons. The van der Waals surface area contributed by atoms with E-state index in [2.05, 4.69) is 32.6 Å². The molecular formula is C34H37FN8O4. The average molecular weight is 641 g/mol. The van der Waals surface area contributed by atoms with E-state index in [0.717, 1.165) is 16.7 Å². The molecule has 2 aromatic heterocycles. The Bertz CT molecular complexity index is 1930. The molecule has 2 heterocycles. The fraction of sp³-hybridized carbons (Fsp3) is 0.235. The minimum Gasteiger partial charge on any atom is -0.355 e. The molecule has 47 heavy (non-hydrogen) atoms. The molecule has 4 rings (SSSR count). The number of aromatic nitrogens is 3. The molecule has 0 fully saturated rings. The number of pyridine rings is 1. The third-order valence-corrected chi connectivity index (χ3v) is 7.14. The van der Waals surface area contributed by atoms with Crippen molar-refractivity contribution in [1.82, 2.24) is 24.3 Å². The lowest BCUT2D eigenvalue weighted by Gasteiger charge is -2.16. The second kappa shape index (κ2) is 15.1. The lowest BCUT2D eigenvalue weighted by atomic mass is 10.1. The zero-order valence-electron chi connectivity index (χ0n) is 26.9. The maximum atomic E-state index is 13.5. The maximum absolute atomic E-state index is 13.5. The quantitative estimate of drug-likeness (QED) is 0.156. The Morgan fingerprint density at radius 1 is 1.04 bits per heavy atom. The van der Waals surface area contributed by atoms with E-state index in [-0.39, 0.29) is 28.9 Å². The Morgan fingerprint density at radius 2 is 1.70 bits per heavy atom. The molecule has 13 heteroatoms. The van der Waals surface area contributed by atoms with Crippen molar-refractivity contribution in [3.63, 3.8) is 0 Å². The molecule has 3 N–H and O–H groups in total. The summed E-state index contributed by atoms with van der Waals surface area (Å²) in [4.78, 5) is 62.7. The molecular weight excluding hydrogens is 603 g/mol. The molecule has 0 atom stereocenters. The van der Waals surface area contributed by atoms with E-state index in [9.17, 15) is 23.6 Å². The van der Waals surface area contributed by atoms with Gasteiger partial charge in [0.15, 0.2) is 0 Å². The van der Waals surface area contributed by atoms with Gasteiger partial charge in [0, 0.05) is 59.8 Å². The summed E-state index contributed by atoms with van der Waals surface area (Å²) in [6.45, 7) is 9.97. The molecule has 0 unspecified atom stereocenters. The van der Waals surface area contributed by atoms with E-state index in [1.165, 1.54) is 22.9 Å². The van der Waals surface area contributed by atoms with Gasteiger partial charge in [0.05, 0.1) is 5.69 Å². The van der Waals surface area contributed by atoms with Gasteiger partial charge in [-0.15, -0.1) is 0 Å². The average Bonchev–Trinajstić information content (AvgIpc) is 3.02. The van der Waals surface area contributed by atoms with Crippen molar-refractivity contribution in [1.29, 1.82) is 0 Å². The minimum atomic E-state index is -0.831. The van der Waals surface area contributed by atoms with Crippen LogP contribution >= 0.6 is 0 Å². The molecule has 0 aliphatic heterocycles. The fourth-order valence-corrected chi connectivity index (χ4v) is 4.58. The second-order valence-corrected chi connectivity index (χ2v) is 11.2. The van der Waals surface area contributed by atoms with Gasteiger partial charge in [0.25, 0.3) is 17.4 Å². The first-order valence-corrected chi connectivity index (χ1v) is 14.8. The van der Waals surface area contributed by atoms with Gasteiger partial charge in [0.2, 0.25) is 0 Å². The highest BCUT2D eigenvalue weighted by atomic mass is 19.1. The zero-order chi connectivity index (χ0) is 34.2. The Balaban J connectivity index is 1.57. The van der Waals surface area contributed by atoms with Crippen molar-refractivity contribution in [3.05, 3.63) is 116 Å². The van der Waals surface area contributed by atoms with Gasteiger partial charge in [0.1, 0.15) is 17.1 Å². The van der Waals surface area contributed by atoms with Gasteiger partial charge in [-0.25, -0.2) is 13.8 Å². The van der Waals surface area contributed by atoms with Crippen molar-refractivity contribution in [2.24, 2.45) is 4.99 Å². The Morgan fingerprint density at radius 3 is 2.32 bits per heavy atom. The number of nitrogens with one attached hydrogen (secondary N) is 3. The number of carbonyl (C=O) groups is 2. The van der Waals surface area contributed by atoms with Crippen LogP contribution < -0.4 is 27.2 Å². The largest absolute Gasteiger partial charge is 0.355 e. The molecule has 2 amide bonds. The van der Waals surface area contributed by atoms with Crippen LogP contribution in [0, 0.1) is 12.7 Å². The first-order chi connectivity index (χ1) is 22.4. The summed E-state index contributed by atoms with van der Waals surface area (Å²) in [6, 6.07) is 13.0. The number of nitrogens with zero attached hydrogens (tertiary/aromatic N) is 5. The van der Waals surface area contributed by atoms with E-state index in [0.29, 0.717) is 41.4 Å². The molecule has 2 aromatic carbocycles. The molecule has 0 saturated carbocycles. The van der Waals surface area contributed by atoms with Crippen LogP contribution in [0.25, 0.3) is 11.8 Å². The number of rotatable bonds is 12. The summed E-state index contributed by atoms with van der Waals surface area (Å²) >= 11 is 0. The van der Waals surface area contributed by atoms with Crippen molar-refractivity contribution in [2.45, 2.75) is 26.8 Å². The van der Waals surface area contributed by atoms with Crippen molar-refractivity contribution in [3.8, 4) is 5.69 Å². The standard InChI is InChI=1S/C34H37FN8O4/c1-21(2)42-20-28(33(46)43(34(42)47)26-13-7-23(35)8-14-26)31(44)40-25-11-9-24(10-12-25)39-29-15-16-37-22(3)27(29)19-30(36-4)32(45)38-17-18-41(5)6/h7-16,19-21H,4,17-18H2,1-3,5-6H3,(H,37,39)(H,38,45)(H,40,44)/b30-19-. The predicted molar refractivity (Wildman–Crippen MR) is 182 cm³/mol. The molecule has 4 aromatic rings. The summed E-state index contributed by atoms with van der Waals surface area (Å²) in [6.07, 6.45) is 4.49. The summed E-state index contributed by atoms with van der Waals surface area (Å²) in [5.41, 5.74) is 1.58. The van der Waals surface area contributed by atoms with Gasteiger partial charge in [-0.2, -0.15) is 0 Å². The van der Waals surface area contributed by atoms with E-state index in [1.54, 1.807) is 56.5 Å². The molecule has 0 aliphatic carbocycles. The molecule has 0 bridgehead atoms. The van der Waals surface area contributed by atoms with E-state index >= 15 is 0 Å². The number of amides is 2. The van der Waals surface area contributed by atoms with Gasteiger partial charge >= 0.3 is 5.69 Å². The first-order valence-electron chi connectivity index (χ1n) is 14.8. The van der Waals surface area contributed by atoms with E-state index < -0.39 is 23.0 Å². The summed E-state index contributed by atoms with van der Waals surface area (Å²) in [5.74, 6) is -1.60. The minimum absolute atomic E-state index is 0.141. The highest BCUT2D eigenvalue weighted by Gasteiger charge is 2.20. The first kappa shape index (κ1) is 34.2. The summed E-state index contributed by atoms with van der Waals surface area (Å²) in [7, 11) is 3.82. The maximum Gasteiger partial charge on any atom is 0.335 e. The van der Waals surface area contributed by atoms with Crippen molar-refractivity contribution < 1.29 is 14.0 Å². The number of likely N-dealkylation sites (N-methyl/N-ethyl adjacent to an activating group) is 1. The molecule has 12 nitrogen and oxygen atoms in total. The highest BCUT2D eigenvalue weighted by molar-refractivity contribution is 6.04. The lowest BCUT2D eigenvalue weighted by Crippen LogP contribution is -2.42. The third kappa shape index (κ3) is 8.32. The SMILES string of the molecule is C=N/C(=C\c1c(Nc2ccc(NC(=O)c3cn(C(C)C)c(=O)n(-c4ccc(F)cc4)c3=O)cc2)ccnc1C)C(=O)NCCN(C)C. The molecule has 244 valence electrons. The van der Waals surface area contributed by atoms with Crippen LogP contribution in [-0.2, 0) is 4.79 Å². The number of carbonyl (C=O) groups excluding carboxylic acids is 2. The number of benzene rings is 2. The predicted octanol–water partition coefficient (Wildman–Crippen LogP) is 4.14. The summed E-state index contributed by atoms with van der Waals surface area (Å²) < 4.78 is 15.7. The van der Waals surface area contributed by atoms with Crippen LogP contribution in [0.1, 0.15) is 41.5 Å².